The zero-order valence-electron chi connectivity index (χ0n) is 18.2. The highest BCUT2D eigenvalue weighted by Crippen LogP contribution is 2.27. The Morgan fingerprint density at radius 2 is 2.00 bits per heavy atom. The number of amides is 1. The van der Waals surface area contributed by atoms with Crippen LogP contribution in [0.25, 0.3) is 5.65 Å². The minimum Gasteiger partial charge on any atom is -0.493 e. The molecule has 0 spiro atoms. The van der Waals surface area contributed by atoms with Crippen LogP contribution in [0, 0.1) is 12.8 Å². The summed E-state index contributed by atoms with van der Waals surface area (Å²) in [5, 5.41) is 15.9. The van der Waals surface area contributed by atoms with Crippen molar-refractivity contribution in [3.8, 4) is 11.5 Å². The second-order valence-corrected chi connectivity index (χ2v) is 7.72. The molecule has 1 aliphatic heterocycles. The molecule has 3 aromatic rings. The Morgan fingerprint density at radius 1 is 1.16 bits per heavy atom. The number of rotatable bonds is 7. The van der Waals surface area contributed by atoms with Gasteiger partial charge >= 0.3 is 0 Å². The average molecular weight is 425 g/mol. The second-order valence-electron chi connectivity index (χ2n) is 7.72. The molecule has 2 aromatic heterocycles. The summed E-state index contributed by atoms with van der Waals surface area (Å²) in [5.41, 5.74) is 1.81. The van der Waals surface area contributed by atoms with Gasteiger partial charge < -0.3 is 19.7 Å². The lowest BCUT2D eigenvalue weighted by Crippen LogP contribution is -2.44. The smallest absolute Gasteiger partial charge is 0.224 e. The first kappa shape index (κ1) is 20.9. The van der Waals surface area contributed by atoms with Crippen molar-refractivity contribution in [2.75, 3.05) is 38.8 Å². The largest absolute Gasteiger partial charge is 0.493 e. The van der Waals surface area contributed by atoms with Gasteiger partial charge in [0.1, 0.15) is 5.82 Å². The van der Waals surface area contributed by atoms with Gasteiger partial charge in [-0.1, -0.05) is 6.07 Å². The fraction of sp³-hybridized carbons (Fsp3) is 0.455. The molecule has 0 saturated carbocycles. The van der Waals surface area contributed by atoms with E-state index in [9.17, 15) is 4.79 Å². The second kappa shape index (κ2) is 9.20. The molecule has 9 nitrogen and oxygen atoms in total. The number of carbonyl (C=O) groups excluding carboxylic acids is 1. The van der Waals surface area contributed by atoms with E-state index in [2.05, 4.69) is 25.5 Å². The first-order valence-electron chi connectivity index (χ1n) is 10.5. The van der Waals surface area contributed by atoms with Crippen molar-refractivity contribution in [3.05, 3.63) is 41.7 Å². The molecular formula is C22H28N6O3. The molecule has 0 radical (unpaired) electrons. The first-order valence-corrected chi connectivity index (χ1v) is 10.5. The summed E-state index contributed by atoms with van der Waals surface area (Å²) in [6.45, 7) is 3.99. The van der Waals surface area contributed by atoms with Crippen LogP contribution in [-0.4, -0.2) is 59.6 Å². The number of aromatic nitrogens is 4. The standard InChI is InChI=1S/C22H28N6O3/c1-15-24-25-20-8-9-21(26-28(15)20)27-12-4-5-17(14-27)22(29)23-11-10-16-6-7-18(30-2)19(13-16)31-3/h6-9,13,17H,4-5,10-12,14H2,1-3H3,(H,23,29)/t17-/m0/s1. The van der Waals surface area contributed by atoms with E-state index in [1.807, 2.05) is 37.3 Å². The topological polar surface area (TPSA) is 93.9 Å². The lowest BCUT2D eigenvalue weighted by atomic mass is 9.97. The summed E-state index contributed by atoms with van der Waals surface area (Å²) in [6, 6.07) is 9.68. The summed E-state index contributed by atoms with van der Waals surface area (Å²) < 4.78 is 12.4. The lowest BCUT2D eigenvalue weighted by Gasteiger charge is -2.32. The average Bonchev–Trinajstić information content (AvgIpc) is 3.19. The van der Waals surface area contributed by atoms with E-state index >= 15 is 0 Å². The molecule has 1 amide bonds. The molecule has 31 heavy (non-hydrogen) atoms. The number of carbonyl (C=O) groups is 1. The molecule has 0 unspecified atom stereocenters. The molecule has 1 aromatic carbocycles. The molecule has 1 atom stereocenters. The molecule has 1 fully saturated rings. The van der Waals surface area contributed by atoms with Crippen molar-refractivity contribution in [1.29, 1.82) is 0 Å². The molecule has 1 aliphatic rings. The minimum atomic E-state index is -0.0568. The number of hydrogen-bond acceptors (Lipinski definition) is 7. The first-order chi connectivity index (χ1) is 15.1. The van der Waals surface area contributed by atoms with Gasteiger partial charge in [0, 0.05) is 19.6 Å². The SMILES string of the molecule is COc1ccc(CCNC(=O)[C@H]2CCCN(c3ccc4nnc(C)n4n3)C2)cc1OC. The van der Waals surface area contributed by atoms with E-state index in [4.69, 9.17) is 9.47 Å². The van der Waals surface area contributed by atoms with Crippen LogP contribution in [0.2, 0.25) is 0 Å². The maximum absolute atomic E-state index is 12.8. The third-order valence-corrected chi connectivity index (χ3v) is 5.68. The number of ether oxygens (including phenoxy) is 2. The summed E-state index contributed by atoms with van der Waals surface area (Å²) in [7, 11) is 3.24. The van der Waals surface area contributed by atoms with E-state index in [1.54, 1.807) is 18.7 Å². The Kier molecular flexibility index (Phi) is 6.20. The Hall–Kier alpha value is -3.36. The predicted molar refractivity (Wildman–Crippen MR) is 117 cm³/mol. The number of hydrogen-bond donors (Lipinski definition) is 1. The Morgan fingerprint density at radius 3 is 2.81 bits per heavy atom. The van der Waals surface area contributed by atoms with E-state index in [0.717, 1.165) is 48.7 Å². The van der Waals surface area contributed by atoms with Crippen LogP contribution in [-0.2, 0) is 11.2 Å². The highest BCUT2D eigenvalue weighted by molar-refractivity contribution is 5.79. The number of aryl methyl sites for hydroxylation is 1. The van der Waals surface area contributed by atoms with Crippen molar-refractivity contribution in [2.24, 2.45) is 5.92 Å². The van der Waals surface area contributed by atoms with Crippen LogP contribution in [0.1, 0.15) is 24.2 Å². The normalized spacial score (nSPS) is 16.4. The number of nitrogens with zero attached hydrogens (tertiary/aromatic N) is 5. The van der Waals surface area contributed by atoms with Gasteiger partial charge in [-0.2, -0.15) is 4.52 Å². The molecule has 3 heterocycles. The van der Waals surface area contributed by atoms with Crippen molar-refractivity contribution < 1.29 is 14.3 Å². The Labute approximate surface area is 181 Å². The maximum atomic E-state index is 12.8. The highest BCUT2D eigenvalue weighted by Gasteiger charge is 2.26. The molecule has 0 bridgehead atoms. The van der Waals surface area contributed by atoms with Crippen molar-refractivity contribution in [1.82, 2.24) is 25.1 Å². The van der Waals surface area contributed by atoms with E-state index < -0.39 is 0 Å². The summed E-state index contributed by atoms with van der Waals surface area (Å²) in [6.07, 6.45) is 2.56. The van der Waals surface area contributed by atoms with Crippen molar-refractivity contribution >= 4 is 17.4 Å². The van der Waals surface area contributed by atoms with Crippen LogP contribution in [0.5, 0.6) is 11.5 Å². The molecule has 1 saturated heterocycles. The maximum Gasteiger partial charge on any atom is 0.224 e. The van der Waals surface area contributed by atoms with Crippen LogP contribution in [0.4, 0.5) is 5.82 Å². The van der Waals surface area contributed by atoms with Gasteiger partial charge in [-0.3, -0.25) is 4.79 Å². The van der Waals surface area contributed by atoms with Crippen molar-refractivity contribution in [3.63, 3.8) is 0 Å². The molecule has 164 valence electrons. The molecule has 4 rings (SSSR count). The van der Waals surface area contributed by atoms with Gasteiger partial charge in [0.05, 0.1) is 20.1 Å². The fourth-order valence-electron chi connectivity index (χ4n) is 3.96. The fourth-order valence-corrected chi connectivity index (χ4v) is 3.96. The number of piperidine rings is 1. The third kappa shape index (κ3) is 4.55. The Bertz CT molecular complexity index is 1070. The zero-order valence-corrected chi connectivity index (χ0v) is 18.2. The third-order valence-electron chi connectivity index (χ3n) is 5.68. The minimum absolute atomic E-state index is 0.0568. The van der Waals surface area contributed by atoms with Gasteiger partial charge in [-0.25, -0.2) is 0 Å². The van der Waals surface area contributed by atoms with E-state index in [1.165, 1.54) is 0 Å². The number of methoxy groups -OCH3 is 2. The number of anilines is 1. The number of benzene rings is 1. The Balaban J connectivity index is 1.34. The number of fused-ring (bicyclic) bond motifs is 1. The number of nitrogens with one attached hydrogen (secondary N) is 1. The summed E-state index contributed by atoms with van der Waals surface area (Å²) in [5.74, 6) is 3.02. The van der Waals surface area contributed by atoms with Gasteiger partial charge in [0.25, 0.3) is 0 Å². The monoisotopic (exact) mass is 424 g/mol. The van der Waals surface area contributed by atoms with Crippen LogP contribution < -0.4 is 19.7 Å². The van der Waals surface area contributed by atoms with Crippen molar-refractivity contribution in [2.45, 2.75) is 26.2 Å². The lowest BCUT2D eigenvalue weighted by molar-refractivity contribution is -0.125. The van der Waals surface area contributed by atoms with Gasteiger partial charge in [-0.05, 0) is 56.0 Å². The molecule has 0 aliphatic carbocycles. The summed E-state index contributed by atoms with van der Waals surface area (Å²) in [4.78, 5) is 15.0. The zero-order chi connectivity index (χ0) is 21.8. The van der Waals surface area contributed by atoms with Crippen LogP contribution in [0.15, 0.2) is 30.3 Å². The van der Waals surface area contributed by atoms with E-state index in [0.29, 0.717) is 24.6 Å². The molecule has 1 N–H and O–H groups in total. The van der Waals surface area contributed by atoms with Crippen LogP contribution >= 0.6 is 0 Å². The highest BCUT2D eigenvalue weighted by atomic mass is 16.5. The predicted octanol–water partition coefficient (Wildman–Crippen LogP) is 2.03. The van der Waals surface area contributed by atoms with Gasteiger partial charge in [-0.15, -0.1) is 15.3 Å². The van der Waals surface area contributed by atoms with Gasteiger partial charge in [0.2, 0.25) is 5.91 Å². The van der Waals surface area contributed by atoms with Gasteiger partial charge in [0.15, 0.2) is 23.0 Å². The van der Waals surface area contributed by atoms with E-state index in [-0.39, 0.29) is 11.8 Å². The quantitative estimate of drug-likeness (QED) is 0.620. The van der Waals surface area contributed by atoms with Crippen LogP contribution in [0.3, 0.4) is 0 Å². The molecular weight excluding hydrogens is 396 g/mol. The molecule has 9 heteroatoms. The summed E-state index contributed by atoms with van der Waals surface area (Å²) >= 11 is 0.